The molecule has 0 aliphatic rings. The first-order valence-electron chi connectivity index (χ1n) is 5.85. The van der Waals surface area contributed by atoms with Crippen molar-refractivity contribution in [1.82, 2.24) is 19.7 Å². The number of ether oxygens (including phenoxy) is 1. The molecule has 0 spiro atoms. The van der Waals surface area contributed by atoms with Crippen LogP contribution in [-0.2, 0) is 14.3 Å². The number of carbonyl (C=O) groups excluding carboxylic acids is 2. The fourth-order valence-electron chi connectivity index (χ4n) is 1.33. The number of esters is 1. The van der Waals surface area contributed by atoms with Crippen molar-refractivity contribution in [2.45, 2.75) is 11.9 Å². The molecular formula is C12H12N4O3S. The average Bonchev–Trinajstić information content (AvgIpc) is 2.99. The summed E-state index contributed by atoms with van der Waals surface area (Å²) in [5.74, 6) is -0.790. The molecule has 7 nitrogen and oxygen atoms in total. The van der Waals surface area contributed by atoms with Crippen LogP contribution in [0.1, 0.15) is 6.92 Å². The Labute approximate surface area is 119 Å². The molecule has 0 fully saturated rings. The number of imidazole rings is 1. The maximum absolute atomic E-state index is 11.4. The Hall–Kier alpha value is -2.22. The van der Waals surface area contributed by atoms with Gasteiger partial charge in [0.2, 0.25) is 5.78 Å². The minimum Gasteiger partial charge on any atom is -0.460 e. The molecule has 2 aromatic heterocycles. The summed E-state index contributed by atoms with van der Waals surface area (Å²) < 4.78 is 6.33. The van der Waals surface area contributed by atoms with E-state index in [0.29, 0.717) is 10.8 Å². The zero-order chi connectivity index (χ0) is 14.4. The lowest BCUT2D eigenvalue weighted by Crippen LogP contribution is -2.19. The van der Waals surface area contributed by atoms with Crippen LogP contribution in [-0.4, -0.2) is 43.9 Å². The lowest BCUT2D eigenvalue weighted by atomic mass is 10.5. The van der Waals surface area contributed by atoms with Gasteiger partial charge in [0.1, 0.15) is 11.4 Å². The highest BCUT2D eigenvalue weighted by molar-refractivity contribution is 8.00. The molecule has 2 heterocycles. The third-order valence-corrected chi connectivity index (χ3v) is 3.17. The molecule has 0 amide bonds. The van der Waals surface area contributed by atoms with Gasteiger partial charge in [0, 0.05) is 12.4 Å². The number of aromatic nitrogens is 4. The van der Waals surface area contributed by atoms with E-state index in [2.05, 4.69) is 19.9 Å². The second kappa shape index (κ2) is 6.80. The zero-order valence-corrected chi connectivity index (χ0v) is 11.5. The van der Waals surface area contributed by atoms with Crippen LogP contribution in [0.25, 0.3) is 5.82 Å². The van der Waals surface area contributed by atoms with Crippen molar-refractivity contribution < 1.29 is 14.3 Å². The molecule has 0 saturated heterocycles. The van der Waals surface area contributed by atoms with E-state index in [-0.39, 0.29) is 12.4 Å². The number of nitrogens with zero attached hydrogens (tertiary/aromatic N) is 4. The summed E-state index contributed by atoms with van der Waals surface area (Å²) in [6, 6.07) is 3.48. The number of rotatable bonds is 6. The number of thioether (sulfide) groups is 1. The van der Waals surface area contributed by atoms with Gasteiger partial charge in [-0.3, -0.25) is 9.36 Å². The minimum absolute atomic E-state index is 0.0159. The van der Waals surface area contributed by atoms with Gasteiger partial charge in [0.15, 0.2) is 5.82 Å². The van der Waals surface area contributed by atoms with Crippen molar-refractivity contribution >= 4 is 23.5 Å². The third kappa shape index (κ3) is 3.64. The van der Waals surface area contributed by atoms with Crippen LogP contribution in [0.3, 0.4) is 0 Å². The lowest BCUT2D eigenvalue weighted by Gasteiger charge is -2.02. The monoisotopic (exact) mass is 292 g/mol. The largest absolute Gasteiger partial charge is 0.460 e. The second-order valence-corrected chi connectivity index (χ2v) is 4.63. The number of Topliss-reactive ketones (excluding diaryl/α,β-unsaturated/α-hetero) is 1. The summed E-state index contributed by atoms with van der Waals surface area (Å²) in [7, 11) is 0. The van der Waals surface area contributed by atoms with Crippen molar-refractivity contribution in [2.75, 3.05) is 12.4 Å². The molecule has 0 saturated carbocycles. The molecule has 0 N–H and O–H groups in total. The smallest absolute Gasteiger partial charge is 0.375 e. The topological polar surface area (TPSA) is 87.0 Å². The van der Waals surface area contributed by atoms with E-state index in [1.807, 2.05) is 0 Å². The molecule has 0 bridgehead atoms. The van der Waals surface area contributed by atoms with Crippen LogP contribution >= 0.6 is 11.8 Å². The Balaban J connectivity index is 1.91. The highest BCUT2D eigenvalue weighted by atomic mass is 32.2. The van der Waals surface area contributed by atoms with E-state index in [4.69, 9.17) is 0 Å². The van der Waals surface area contributed by atoms with Crippen LogP contribution in [0.2, 0.25) is 0 Å². The summed E-state index contributed by atoms with van der Waals surface area (Å²) in [4.78, 5) is 26.5. The van der Waals surface area contributed by atoms with Gasteiger partial charge in [-0.25, -0.2) is 9.78 Å². The molecule has 0 aliphatic carbocycles. The number of ketones is 1. The SMILES string of the molecule is CCOC(=O)C(=O)CSc1ccc(-n2ccnc2)nn1. The molecule has 0 unspecified atom stereocenters. The molecule has 2 aromatic rings. The lowest BCUT2D eigenvalue weighted by molar-refractivity contribution is -0.152. The van der Waals surface area contributed by atoms with E-state index >= 15 is 0 Å². The highest BCUT2D eigenvalue weighted by Gasteiger charge is 2.15. The number of hydrogen-bond acceptors (Lipinski definition) is 7. The molecule has 2 rings (SSSR count). The first-order valence-corrected chi connectivity index (χ1v) is 6.84. The second-order valence-electron chi connectivity index (χ2n) is 3.63. The first kappa shape index (κ1) is 14.2. The van der Waals surface area contributed by atoms with Gasteiger partial charge in [-0.1, -0.05) is 11.8 Å². The molecule has 104 valence electrons. The van der Waals surface area contributed by atoms with Gasteiger partial charge >= 0.3 is 5.97 Å². The Morgan fingerprint density at radius 1 is 1.35 bits per heavy atom. The van der Waals surface area contributed by atoms with Gasteiger partial charge in [0.05, 0.1) is 12.4 Å². The van der Waals surface area contributed by atoms with E-state index < -0.39 is 11.8 Å². The Bertz CT molecular complexity index is 583. The molecular weight excluding hydrogens is 280 g/mol. The maximum Gasteiger partial charge on any atom is 0.375 e. The van der Waals surface area contributed by atoms with Gasteiger partial charge in [0.25, 0.3) is 0 Å². The summed E-state index contributed by atoms with van der Waals surface area (Å²) >= 11 is 1.14. The van der Waals surface area contributed by atoms with Crippen molar-refractivity contribution in [3.8, 4) is 5.82 Å². The highest BCUT2D eigenvalue weighted by Crippen LogP contribution is 2.15. The fourth-order valence-corrected chi connectivity index (χ4v) is 1.99. The van der Waals surface area contributed by atoms with E-state index in [1.54, 1.807) is 42.3 Å². The average molecular weight is 292 g/mol. The fraction of sp³-hybridized carbons (Fsp3) is 0.250. The quantitative estimate of drug-likeness (QED) is 0.444. The number of carbonyl (C=O) groups is 2. The Morgan fingerprint density at radius 2 is 2.20 bits per heavy atom. The van der Waals surface area contributed by atoms with Crippen molar-refractivity contribution in [2.24, 2.45) is 0 Å². The van der Waals surface area contributed by atoms with E-state index in [9.17, 15) is 9.59 Å². The van der Waals surface area contributed by atoms with Gasteiger partial charge in [-0.05, 0) is 19.1 Å². The Morgan fingerprint density at radius 3 is 2.80 bits per heavy atom. The first-order chi connectivity index (χ1) is 9.70. The summed E-state index contributed by atoms with van der Waals surface area (Å²) in [6.07, 6.45) is 5.00. The number of hydrogen-bond donors (Lipinski definition) is 0. The predicted molar refractivity (Wildman–Crippen MR) is 71.5 cm³/mol. The van der Waals surface area contributed by atoms with Crippen molar-refractivity contribution in [3.63, 3.8) is 0 Å². The molecule has 8 heteroatoms. The normalized spacial score (nSPS) is 10.2. The van der Waals surface area contributed by atoms with Crippen molar-refractivity contribution in [3.05, 3.63) is 30.9 Å². The molecule has 20 heavy (non-hydrogen) atoms. The van der Waals surface area contributed by atoms with Crippen molar-refractivity contribution in [1.29, 1.82) is 0 Å². The minimum atomic E-state index is -0.817. The summed E-state index contributed by atoms with van der Waals surface area (Å²) in [5, 5.41) is 8.54. The molecule has 0 radical (unpaired) electrons. The summed E-state index contributed by atoms with van der Waals surface area (Å²) in [5.41, 5.74) is 0. The summed E-state index contributed by atoms with van der Waals surface area (Å²) in [6.45, 7) is 1.84. The van der Waals surface area contributed by atoms with E-state index in [0.717, 1.165) is 11.8 Å². The Kier molecular flexibility index (Phi) is 4.83. The predicted octanol–water partition coefficient (Wildman–Crippen LogP) is 0.887. The van der Waals surface area contributed by atoms with Crippen LogP contribution in [0.15, 0.2) is 35.9 Å². The van der Waals surface area contributed by atoms with Crippen LogP contribution in [0.5, 0.6) is 0 Å². The zero-order valence-electron chi connectivity index (χ0n) is 10.7. The molecule has 0 aliphatic heterocycles. The standard InChI is InChI=1S/C12H12N4O3S/c1-2-19-12(18)9(17)7-20-11-4-3-10(14-15-11)16-6-5-13-8-16/h3-6,8H,2,7H2,1H3. The van der Waals surface area contributed by atoms with Gasteiger partial charge < -0.3 is 4.74 Å². The van der Waals surface area contributed by atoms with Gasteiger partial charge in [-0.15, -0.1) is 10.2 Å². The van der Waals surface area contributed by atoms with Crippen LogP contribution < -0.4 is 0 Å². The van der Waals surface area contributed by atoms with Gasteiger partial charge in [-0.2, -0.15) is 0 Å². The van der Waals surface area contributed by atoms with E-state index in [1.165, 1.54) is 0 Å². The maximum atomic E-state index is 11.4. The van der Waals surface area contributed by atoms with Crippen LogP contribution in [0.4, 0.5) is 0 Å². The molecule has 0 atom stereocenters. The van der Waals surface area contributed by atoms with Crippen LogP contribution in [0, 0.1) is 0 Å². The molecule has 0 aromatic carbocycles. The third-order valence-electron chi connectivity index (χ3n) is 2.25.